The van der Waals surface area contributed by atoms with Crippen molar-refractivity contribution in [3.63, 3.8) is 0 Å². The number of nitro benzene ring substituents is 1. The van der Waals surface area contributed by atoms with E-state index >= 15 is 0 Å². The summed E-state index contributed by atoms with van der Waals surface area (Å²) in [6.07, 6.45) is -0.186. The van der Waals surface area contributed by atoms with Crippen molar-refractivity contribution in [2.24, 2.45) is 0 Å². The minimum Gasteiger partial charge on any atom is -0.454 e. The van der Waals surface area contributed by atoms with Gasteiger partial charge in [0.05, 0.1) is 23.2 Å². The molecule has 1 heterocycles. The van der Waals surface area contributed by atoms with E-state index in [2.05, 4.69) is 5.32 Å². The van der Waals surface area contributed by atoms with Crippen molar-refractivity contribution in [1.29, 1.82) is 0 Å². The third kappa shape index (κ3) is 4.76. The highest BCUT2D eigenvalue weighted by atomic mass is 16.7. The standard InChI is InChI=1S/C19H18N2O7/c22-16(14-10-17-18(28-12-27-17)11-15(14)21(24)25)6-8-20-19(23)26-9-7-13-4-2-1-3-5-13/h1-5,10-11H,6-9,12H2,(H,20,23). The zero-order valence-electron chi connectivity index (χ0n) is 14.9. The average Bonchev–Trinajstić information content (AvgIpc) is 3.15. The number of alkyl carbamates (subject to hydrolysis) is 1. The van der Waals surface area contributed by atoms with E-state index in [0.717, 1.165) is 5.56 Å². The molecule has 1 aliphatic heterocycles. The van der Waals surface area contributed by atoms with Crippen LogP contribution in [0.4, 0.5) is 10.5 Å². The molecule has 1 aliphatic rings. The van der Waals surface area contributed by atoms with Gasteiger partial charge in [-0.25, -0.2) is 4.79 Å². The first-order chi connectivity index (χ1) is 13.5. The number of nitrogens with zero attached hydrogens (tertiary/aromatic N) is 1. The number of nitrogens with one attached hydrogen (secondary N) is 1. The van der Waals surface area contributed by atoms with E-state index in [-0.39, 0.29) is 49.1 Å². The smallest absolute Gasteiger partial charge is 0.407 e. The Morgan fingerprint density at radius 1 is 1.14 bits per heavy atom. The van der Waals surface area contributed by atoms with Crippen LogP contribution >= 0.6 is 0 Å². The van der Waals surface area contributed by atoms with Crippen LogP contribution in [0.25, 0.3) is 0 Å². The second kappa shape index (κ2) is 8.85. The van der Waals surface area contributed by atoms with Crippen LogP contribution in [0, 0.1) is 10.1 Å². The Hall–Kier alpha value is -3.62. The van der Waals surface area contributed by atoms with Crippen LogP contribution in [-0.2, 0) is 11.2 Å². The molecule has 0 saturated heterocycles. The second-order valence-corrected chi connectivity index (χ2v) is 5.95. The number of amides is 1. The normalized spacial score (nSPS) is 11.7. The molecule has 0 bridgehead atoms. The van der Waals surface area contributed by atoms with Crippen molar-refractivity contribution in [2.75, 3.05) is 19.9 Å². The third-order valence-electron chi connectivity index (χ3n) is 4.08. The number of hydrogen-bond donors (Lipinski definition) is 1. The second-order valence-electron chi connectivity index (χ2n) is 5.95. The number of ether oxygens (including phenoxy) is 3. The number of hydrogen-bond acceptors (Lipinski definition) is 7. The summed E-state index contributed by atoms with van der Waals surface area (Å²) in [5.74, 6) is 0.0141. The van der Waals surface area contributed by atoms with Crippen LogP contribution in [-0.4, -0.2) is 36.7 Å². The zero-order chi connectivity index (χ0) is 19.9. The van der Waals surface area contributed by atoms with Gasteiger partial charge in [0, 0.05) is 25.5 Å². The largest absolute Gasteiger partial charge is 0.454 e. The SMILES string of the molecule is O=C(NCCC(=O)c1cc2c(cc1[N+](=O)[O-])OCO2)OCCc1ccccc1. The highest BCUT2D eigenvalue weighted by Gasteiger charge is 2.26. The lowest BCUT2D eigenvalue weighted by atomic mass is 10.1. The van der Waals surface area contributed by atoms with Gasteiger partial charge in [0.15, 0.2) is 17.3 Å². The van der Waals surface area contributed by atoms with E-state index in [0.29, 0.717) is 6.42 Å². The van der Waals surface area contributed by atoms with Crippen LogP contribution in [0.3, 0.4) is 0 Å². The number of carbonyl (C=O) groups is 2. The van der Waals surface area contributed by atoms with Gasteiger partial charge in [-0.3, -0.25) is 14.9 Å². The average molecular weight is 386 g/mol. The molecule has 0 radical (unpaired) electrons. The summed E-state index contributed by atoms with van der Waals surface area (Å²) >= 11 is 0. The molecule has 2 aromatic rings. The van der Waals surface area contributed by atoms with Gasteiger partial charge in [0.25, 0.3) is 5.69 Å². The predicted molar refractivity (Wildman–Crippen MR) is 97.7 cm³/mol. The predicted octanol–water partition coefficient (Wildman–Crippen LogP) is 2.87. The first-order valence-corrected chi connectivity index (χ1v) is 8.60. The van der Waals surface area contributed by atoms with Crippen molar-refractivity contribution in [3.05, 3.63) is 63.7 Å². The molecule has 3 rings (SSSR count). The van der Waals surface area contributed by atoms with Gasteiger partial charge in [0.2, 0.25) is 6.79 Å². The fraction of sp³-hybridized carbons (Fsp3) is 0.263. The molecule has 2 aromatic carbocycles. The van der Waals surface area contributed by atoms with Gasteiger partial charge >= 0.3 is 6.09 Å². The molecule has 146 valence electrons. The van der Waals surface area contributed by atoms with Gasteiger partial charge in [-0.15, -0.1) is 0 Å². The van der Waals surface area contributed by atoms with Crippen LogP contribution in [0.1, 0.15) is 22.3 Å². The summed E-state index contributed by atoms with van der Waals surface area (Å²) in [5, 5.41) is 13.7. The molecule has 0 unspecified atom stereocenters. The summed E-state index contributed by atoms with van der Waals surface area (Å²) in [4.78, 5) is 34.6. The Kier molecular flexibility index (Phi) is 6.05. The minimum atomic E-state index is -0.652. The molecule has 1 N–H and O–H groups in total. The van der Waals surface area contributed by atoms with E-state index in [4.69, 9.17) is 14.2 Å². The number of rotatable bonds is 8. The minimum absolute atomic E-state index is 0.00536. The molecule has 1 amide bonds. The molecular weight excluding hydrogens is 368 g/mol. The highest BCUT2D eigenvalue weighted by molar-refractivity contribution is 6.01. The lowest BCUT2D eigenvalue weighted by molar-refractivity contribution is -0.385. The summed E-state index contributed by atoms with van der Waals surface area (Å²) in [7, 11) is 0. The number of ketones is 1. The summed E-state index contributed by atoms with van der Waals surface area (Å²) in [6, 6.07) is 12.0. The summed E-state index contributed by atoms with van der Waals surface area (Å²) in [6.45, 7) is 0.145. The molecule has 9 nitrogen and oxygen atoms in total. The quantitative estimate of drug-likeness (QED) is 0.421. The molecular formula is C19H18N2O7. The van der Waals surface area contributed by atoms with E-state index in [1.165, 1.54) is 12.1 Å². The zero-order valence-corrected chi connectivity index (χ0v) is 14.9. The van der Waals surface area contributed by atoms with Crippen LogP contribution in [0.5, 0.6) is 11.5 Å². The monoisotopic (exact) mass is 386 g/mol. The molecule has 0 spiro atoms. The van der Waals surface area contributed by atoms with Crippen molar-refractivity contribution >= 4 is 17.6 Å². The number of carbonyl (C=O) groups excluding carboxylic acids is 2. The number of benzene rings is 2. The van der Waals surface area contributed by atoms with Gasteiger partial charge in [-0.1, -0.05) is 30.3 Å². The molecule has 28 heavy (non-hydrogen) atoms. The van der Waals surface area contributed by atoms with Crippen molar-refractivity contribution < 1.29 is 28.7 Å². The Bertz CT molecular complexity index is 883. The Balaban J connectivity index is 1.48. The number of nitro groups is 1. The van der Waals surface area contributed by atoms with Gasteiger partial charge < -0.3 is 19.5 Å². The van der Waals surface area contributed by atoms with Crippen molar-refractivity contribution in [1.82, 2.24) is 5.32 Å². The lowest BCUT2D eigenvalue weighted by Crippen LogP contribution is -2.27. The first kappa shape index (κ1) is 19.2. The topological polar surface area (TPSA) is 117 Å². The van der Waals surface area contributed by atoms with Crippen molar-refractivity contribution in [3.8, 4) is 11.5 Å². The molecule has 0 atom stereocenters. The van der Waals surface area contributed by atoms with E-state index in [1.54, 1.807) is 0 Å². The number of Topliss-reactive ketones (excluding diaryl/α,β-unsaturated/α-hetero) is 1. The maximum Gasteiger partial charge on any atom is 0.407 e. The number of fused-ring (bicyclic) bond motifs is 1. The van der Waals surface area contributed by atoms with Gasteiger partial charge in [-0.05, 0) is 5.56 Å². The highest BCUT2D eigenvalue weighted by Crippen LogP contribution is 2.38. The summed E-state index contributed by atoms with van der Waals surface area (Å²) in [5.41, 5.74) is 0.591. The molecule has 0 fully saturated rings. The maximum atomic E-state index is 12.4. The maximum absolute atomic E-state index is 12.4. The van der Waals surface area contributed by atoms with E-state index in [1.807, 2.05) is 30.3 Å². The van der Waals surface area contributed by atoms with Gasteiger partial charge in [0.1, 0.15) is 0 Å². The summed E-state index contributed by atoms with van der Waals surface area (Å²) < 4.78 is 15.3. The van der Waals surface area contributed by atoms with Crippen LogP contribution in [0.15, 0.2) is 42.5 Å². The first-order valence-electron chi connectivity index (χ1n) is 8.60. The molecule has 0 aliphatic carbocycles. The fourth-order valence-electron chi connectivity index (χ4n) is 2.68. The third-order valence-corrected chi connectivity index (χ3v) is 4.08. The molecule has 9 heteroatoms. The van der Waals surface area contributed by atoms with Crippen LogP contribution < -0.4 is 14.8 Å². The Morgan fingerprint density at radius 2 is 1.86 bits per heavy atom. The van der Waals surface area contributed by atoms with E-state index < -0.39 is 16.8 Å². The Morgan fingerprint density at radius 3 is 2.57 bits per heavy atom. The Labute approximate surface area is 160 Å². The van der Waals surface area contributed by atoms with Gasteiger partial charge in [-0.2, -0.15) is 0 Å². The molecule has 0 aromatic heterocycles. The van der Waals surface area contributed by atoms with Crippen molar-refractivity contribution in [2.45, 2.75) is 12.8 Å². The fourth-order valence-corrected chi connectivity index (χ4v) is 2.68. The molecule has 0 saturated carbocycles. The van der Waals surface area contributed by atoms with Crippen LogP contribution in [0.2, 0.25) is 0 Å². The van der Waals surface area contributed by atoms with E-state index in [9.17, 15) is 19.7 Å². The lowest BCUT2D eigenvalue weighted by Gasteiger charge is -2.07.